The van der Waals surface area contributed by atoms with Gasteiger partial charge in [0.1, 0.15) is 0 Å². The Morgan fingerprint density at radius 2 is 1.57 bits per heavy atom. The highest BCUT2D eigenvalue weighted by molar-refractivity contribution is 6.02. The van der Waals surface area contributed by atoms with Crippen molar-refractivity contribution in [3.63, 3.8) is 0 Å². The quantitative estimate of drug-likeness (QED) is 0.678. The highest BCUT2D eigenvalue weighted by atomic mass is 14.3. The van der Waals surface area contributed by atoms with Crippen molar-refractivity contribution in [3.05, 3.63) is 88.5 Å². The van der Waals surface area contributed by atoms with Crippen molar-refractivity contribution in [2.75, 3.05) is 0 Å². The minimum absolute atomic E-state index is 1.08. The predicted octanol–water partition coefficient (Wildman–Crippen LogP) is 5.05. The SMILES string of the molecule is C1=CCC(c2ccc3c(c2)CC2=C3Cc3ccccc32)=C1. The molecule has 2 aromatic carbocycles. The van der Waals surface area contributed by atoms with Crippen LogP contribution in [0.2, 0.25) is 0 Å². The molecule has 0 aliphatic heterocycles. The monoisotopic (exact) mass is 268 g/mol. The summed E-state index contributed by atoms with van der Waals surface area (Å²) in [4.78, 5) is 0. The summed E-state index contributed by atoms with van der Waals surface area (Å²) >= 11 is 0. The normalized spacial score (nSPS) is 17.8. The molecule has 0 amide bonds. The smallest absolute Gasteiger partial charge is 0.00104 e. The fourth-order valence-corrected chi connectivity index (χ4v) is 3.97. The van der Waals surface area contributed by atoms with Crippen LogP contribution in [0.3, 0.4) is 0 Å². The van der Waals surface area contributed by atoms with Crippen molar-refractivity contribution in [1.29, 1.82) is 0 Å². The topological polar surface area (TPSA) is 0 Å². The van der Waals surface area contributed by atoms with E-state index in [2.05, 4.69) is 60.7 Å². The van der Waals surface area contributed by atoms with E-state index in [9.17, 15) is 0 Å². The first-order valence-corrected chi connectivity index (χ1v) is 7.70. The highest BCUT2D eigenvalue weighted by Gasteiger charge is 2.29. The molecule has 0 radical (unpaired) electrons. The molecule has 0 aromatic heterocycles. The Balaban J connectivity index is 1.57. The van der Waals surface area contributed by atoms with Crippen LogP contribution in [0.4, 0.5) is 0 Å². The Labute approximate surface area is 125 Å². The van der Waals surface area contributed by atoms with Gasteiger partial charge in [0, 0.05) is 0 Å². The Morgan fingerprint density at radius 3 is 2.43 bits per heavy atom. The lowest BCUT2D eigenvalue weighted by Gasteiger charge is -2.09. The molecule has 0 saturated carbocycles. The van der Waals surface area contributed by atoms with Gasteiger partial charge < -0.3 is 0 Å². The zero-order valence-corrected chi connectivity index (χ0v) is 11.9. The molecule has 21 heavy (non-hydrogen) atoms. The lowest BCUT2D eigenvalue weighted by molar-refractivity contribution is 1.25. The van der Waals surface area contributed by atoms with Crippen LogP contribution in [-0.2, 0) is 12.8 Å². The van der Waals surface area contributed by atoms with Gasteiger partial charge >= 0.3 is 0 Å². The van der Waals surface area contributed by atoms with Gasteiger partial charge in [-0.25, -0.2) is 0 Å². The van der Waals surface area contributed by atoms with Crippen molar-refractivity contribution in [2.24, 2.45) is 0 Å². The molecule has 5 rings (SSSR count). The summed E-state index contributed by atoms with van der Waals surface area (Å²) in [5, 5.41) is 0. The fourth-order valence-electron chi connectivity index (χ4n) is 3.97. The molecule has 0 spiro atoms. The standard InChI is InChI=1S/C21H16/c1-2-6-14(5-1)15-9-10-19-17(11-15)13-21-18-8-4-3-7-16(18)12-20(19)21/h1-5,7-11H,6,12-13H2. The molecule has 3 aliphatic rings. The number of fused-ring (bicyclic) bond motifs is 4. The minimum atomic E-state index is 1.08. The van der Waals surface area contributed by atoms with Gasteiger partial charge in [0.25, 0.3) is 0 Å². The van der Waals surface area contributed by atoms with E-state index < -0.39 is 0 Å². The molecule has 0 bridgehead atoms. The van der Waals surface area contributed by atoms with Crippen LogP contribution in [0.25, 0.3) is 16.7 Å². The molecule has 0 atom stereocenters. The number of benzene rings is 2. The molecule has 100 valence electrons. The second-order valence-electron chi connectivity index (χ2n) is 6.16. The molecule has 0 fully saturated rings. The van der Waals surface area contributed by atoms with E-state index in [0.717, 1.165) is 19.3 Å². The lowest BCUT2D eigenvalue weighted by atomic mass is 9.95. The van der Waals surface area contributed by atoms with E-state index in [-0.39, 0.29) is 0 Å². The van der Waals surface area contributed by atoms with Crippen LogP contribution in [-0.4, -0.2) is 0 Å². The number of rotatable bonds is 1. The molecule has 0 nitrogen and oxygen atoms in total. The second-order valence-corrected chi connectivity index (χ2v) is 6.16. The van der Waals surface area contributed by atoms with Crippen molar-refractivity contribution in [3.8, 4) is 0 Å². The summed E-state index contributed by atoms with van der Waals surface area (Å²) in [5.74, 6) is 0. The zero-order chi connectivity index (χ0) is 13.8. The van der Waals surface area contributed by atoms with E-state index in [1.165, 1.54) is 33.4 Å². The lowest BCUT2D eigenvalue weighted by Crippen LogP contribution is -1.93. The van der Waals surface area contributed by atoms with Crippen molar-refractivity contribution < 1.29 is 0 Å². The maximum Gasteiger partial charge on any atom is -0.00104 e. The summed E-state index contributed by atoms with van der Waals surface area (Å²) in [6, 6.07) is 15.9. The molecular weight excluding hydrogens is 252 g/mol. The Bertz CT molecular complexity index is 859. The molecule has 2 aromatic rings. The maximum absolute atomic E-state index is 2.41. The van der Waals surface area contributed by atoms with Crippen LogP contribution >= 0.6 is 0 Å². The zero-order valence-electron chi connectivity index (χ0n) is 11.9. The molecule has 3 aliphatic carbocycles. The van der Waals surface area contributed by atoms with Gasteiger partial charge in [-0.05, 0) is 63.8 Å². The Hall–Kier alpha value is -2.34. The molecule has 0 heteroatoms. The van der Waals surface area contributed by atoms with E-state index in [1.54, 1.807) is 11.1 Å². The van der Waals surface area contributed by atoms with E-state index in [0.29, 0.717) is 0 Å². The van der Waals surface area contributed by atoms with Crippen LogP contribution in [0, 0.1) is 0 Å². The summed E-state index contributed by atoms with van der Waals surface area (Å²) in [5.41, 5.74) is 12.0. The minimum Gasteiger partial charge on any atom is -0.0801 e. The van der Waals surface area contributed by atoms with Gasteiger partial charge in [0.2, 0.25) is 0 Å². The molecular formula is C21H16. The molecule has 0 unspecified atom stereocenters. The second kappa shape index (κ2) is 4.08. The number of hydrogen-bond acceptors (Lipinski definition) is 0. The van der Waals surface area contributed by atoms with E-state index >= 15 is 0 Å². The van der Waals surface area contributed by atoms with Gasteiger partial charge in [-0.2, -0.15) is 0 Å². The predicted molar refractivity (Wildman–Crippen MR) is 88.8 cm³/mol. The third kappa shape index (κ3) is 1.56. The average molecular weight is 268 g/mol. The third-order valence-electron chi connectivity index (χ3n) is 5.01. The van der Waals surface area contributed by atoms with Crippen LogP contribution in [0.5, 0.6) is 0 Å². The van der Waals surface area contributed by atoms with E-state index in [4.69, 9.17) is 0 Å². The van der Waals surface area contributed by atoms with Crippen molar-refractivity contribution in [2.45, 2.75) is 19.3 Å². The van der Waals surface area contributed by atoms with Gasteiger partial charge in [0.05, 0.1) is 0 Å². The van der Waals surface area contributed by atoms with Gasteiger partial charge in [-0.3, -0.25) is 0 Å². The number of allylic oxidation sites excluding steroid dienone is 6. The summed E-state index contributed by atoms with van der Waals surface area (Å²) in [6.07, 6.45) is 9.94. The van der Waals surface area contributed by atoms with Gasteiger partial charge in [-0.1, -0.05) is 60.7 Å². The number of hydrogen-bond donors (Lipinski definition) is 0. The first-order valence-electron chi connectivity index (χ1n) is 7.70. The van der Waals surface area contributed by atoms with Crippen LogP contribution in [0.15, 0.2) is 60.7 Å². The van der Waals surface area contributed by atoms with Crippen molar-refractivity contribution in [1.82, 2.24) is 0 Å². The maximum atomic E-state index is 2.41. The average Bonchev–Trinajstić information content (AvgIpc) is 3.22. The molecule has 0 saturated heterocycles. The van der Waals surface area contributed by atoms with Gasteiger partial charge in [-0.15, -0.1) is 0 Å². The highest BCUT2D eigenvalue weighted by Crippen LogP contribution is 2.46. The first kappa shape index (κ1) is 11.3. The van der Waals surface area contributed by atoms with E-state index in [1.807, 2.05) is 0 Å². The summed E-state index contributed by atoms with van der Waals surface area (Å²) in [6.45, 7) is 0. The molecule has 0 N–H and O–H groups in total. The first-order chi connectivity index (χ1) is 10.4. The fraction of sp³-hybridized carbons (Fsp3) is 0.143. The largest absolute Gasteiger partial charge is 0.0801 e. The van der Waals surface area contributed by atoms with Gasteiger partial charge in [0.15, 0.2) is 0 Å². The molecule has 0 heterocycles. The van der Waals surface area contributed by atoms with Crippen molar-refractivity contribution >= 4 is 16.7 Å². The Morgan fingerprint density at radius 1 is 0.762 bits per heavy atom. The summed E-state index contributed by atoms with van der Waals surface area (Å²) in [7, 11) is 0. The summed E-state index contributed by atoms with van der Waals surface area (Å²) < 4.78 is 0. The third-order valence-corrected chi connectivity index (χ3v) is 5.01. The Kier molecular flexibility index (Phi) is 2.20. The van der Waals surface area contributed by atoms with Crippen LogP contribution in [0.1, 0.15) is 34.2 Å². The van der Waals surface area contributed by atoms with Crippen LogP contribution < -0.4 is 0 Å².